The fourth-order valence-corrected chi connectivity index (χ4v) is 1.41. The first-order chi connectivity index (χ1) is 8.06. The zero-order chi connectivity index (χ0) is 12.8. The van der Waals surface area contributed by atoms with Crippen LogP contribution >= 0.6 is 0 Å². The lowest BCUT2D eigenvalue weighted by atomic mass is 10.2. The van der Waals surface area contributed by atoms with Crippen LogP contribution in [-0.4, -0.2) is 28.5 Å². The highest BCUT2D eigenvalue weighted by molar-refractivity contribution is 5.92. The molecule has 0 radical (unpaired) electrons. The van der Waals surface area contributed by atoms with Crippen LogP contribution in [0, 0.1) is 0 Å². The van der Waals surface area contributed by atoms with E-state index in [2.05, 4.69) is 9.72 Å². The number of primary amides is 1. The third-order valence-electron chi connectivity index (χ3n) is 2.33. The standard InChI is InChI=1S/C10H16N4O3/c1-17-10(16)8-9(12)14(6-13-8)5-3-2-4-7(11)15/h6H,2-5,12H2,1H3,(H2,11,15). The van der Waals surface area contributed by atoms with Gasteiger partial charge in [-0.15, -0.1) is 0 Å². The minimum Gasteiger partial charge on any atom is -0.464 e. The van der Waals surface area contributed by atoms with E-state index in [9.17, 15) is 9.59 Å². The number of nitrogens with zero attached hydrogens (tertiary/aromatic N) is 2. The molecule has 0 bridgehead atoms. The molecule has 4 N–H and O–H groups in total. The van der Waals surface area contributed by atoms with E-state index in [-0.39, 0.29) is 17.4 Å². The molecule has 0 saturated carbocycles. The number of amides is 1. The molecule has 0 atom stereocenters. The van der Waals surface area contributed by atoms with Gasteiger partial charge in [-0.3, -0.25) is 4.79 Å². The molecule has 1 aromatic rings. The summed E-state index contributed by atoms with van der Waals surface area (Å²) in [5, 5.41) is 0. The van der Waals surface area contributed by atoms with Crippen LogP contribution in [0.3, 0.4) is 0 Å². The normalized spacial score (nSPS) is 10.2. The summed E-state index contributed by atoms with van der Waals surface area (Å²) >= 11 is 0. The summed E-state index contributed by atoms with van der Waals surface area (Å²) in [4.78, 5) is 25.6. The molecule has 7 nitrogen and oxygen atoms in total. The molecule has 0 unspecified atom stereocenters. The van der Waals surface area contributed by atoms with E-state index in [1.54, 1.807) is 4.57 Å². The Hall–Kier alpha value is -2.05. The Bertz CT molecular complexity index is 414. The molecule has 1 aromatic heterocycles. The average molecular weight is 240 g/mol. The van der Waals surface area contributed by atoms with Crippen LogP contribution in [0.25, 0.3) is 0 Å². The SMILES string of the molecule is COC(=O)c1ncn(CCCCC(N)=O)c1N. The van der Waals surface area contributed by atoms with Gasteiger partial charge in [0, 0.05) is 13.0 Å². The highest BCUT2D eigenvalue weighted by Gasteiger charge is 2.15. The van der Waals surface area contributed by atoms with Crippen molar-refractivity contribution < 1.29 is 14.3 Å². The van der Waals surface area contributed by atoms with Gasteiger partial charge in [-0.1, -0.05) is 0 Å². The molecule has 1 heterocycles. The molecule has 0 saturated heterocycles. The van der Waals surface area contributed by atoms with Gasteiger partial charge < -0.3 is 20.8 Å². The molecule has 0 spiro atoms. The van der Waals surface area contributed by atoms with E-state index in [1.165, 1.54) is 13.4 Å². The number of hydrogen-bond donors (Lipinski definition) is 2. The number of aryl methyl sites for hydroxylation is 1. The molecule has 1 amide bonds. The average Bonchev–Trinajstić information content (AvgIpc) is 2.65. The number of rotatable bonds is 6. The largest absolute Gasteiger partial charge is 0.464 e. The Balaban J connectivity index is 2.52. The van der Waals surface area contributed by atoms with Gasteiger partial charge in [-0.05, 0) is 12.8 Å². The molecular weight excluding hydrogens is 224 g/mol. The number of methoxy groups -OCH3 is 1. The summed E-state index contributed by atoms with van der Waals surface area (Å²) < 4.78 is 6.18. The van der Waals surface area contributed by atoms with Crippen molar-refractivity contribution in [3.05, 3.63) is 12.0 Å². The maximum atomic E-state index is 11.2. The van der Waals surface area contributed by atoms with Crippen LogP contribution in [0.15, 0.2) is 6.33 Å². The zero-order valence-electron chi connectivity index (χ0n) is 9.68. The maximum Gasteiger partial charge on any atom is 0.360 e. The van der Waals surface area contributed by atoms with Crippen LogP contribution in [0.5, 0.6) is 0 Å². The summed E-state index contributed by atoms with van der Waals surface area (Å²) in [5.41, 5.74) is 10.9. The number of unbranched alkanes of at least 4 members (excludes halogenated alkanes) is 1. The van der Waals surface area contributed by atoms with E-state index in [0.717, 1.165) is 6.42 Å². The molecular formula is C10H16N4O3. The summed E-state index contributed by atoms with van der Waals surface area (Å²) in [5.74, 6) is -0.604. The van der Waals surface area contributed by atoms with Gasteiger partial charge >= 0.3 is 5.97 Å². The molecule has 0 aromatic carbocycles. The van der Waals surface area contributed by atoms with Crippen LogP contribution in [-0.2, 0) is 16.1 Å². The fraction of sp³-hybridized carbons (Fsp3) is 0.500. The van der Waals surface area contributed by atoms with E-state index in [1.807, 2.05) is 0 Å². The van der Waals surface area contributed by atoms with Crippen LogP contribution in [0.4, 0.5) is 5.82 Å². The van der Waals surface area contributed by atoms with Gasteiger partial charge in [0.25, 0.3) is 0 Å². The Morgan fingerprint density at radius 2 is 2.18 bits per heavy atom. The van der Waals surface area contributed by atoms with Gasteiger partial charge in [0.05, 0.1) is 13.4 Å². The number of imidazole rings is 1. The molecule has 7 heteroatoms. The third kappa shape index (κ3) is 3.47. The highest BCUT2D eigenvalue weighted by Crippen LogP contribution is 2.12. The first-order valence-electron chi connectivity index (χ1n) is 5.23. The van der Waals surface area contributed by atoms with Crippen molar-refractivity contribution in [2.24, 2.45) is 5.73 Å². The Morgan fingerprint density at radius 1 is 1.47 bits per heavy atom. The number of carbonyl (C=O) groups excluding carboxylic acids is 2. The van der Waals surface area contributed by atoms with Crippen molar-refractivity contribution in [1.29, 1.82) is 0 Å². The monoisotopic (exact) mass is 240 g/mol. The van der Waals surface area contributed by atoms with Crippen molar-refractivity contribution in [2.45, 2.75) is 25.8 Å². The second-order valence-corrected chi connectivity index (χ2v) is 3.59. The number of nitrogen functional groups attached to an aromatic ring is 1. The lowest BCUT2D eigenvalue weighted by Crippen LogP contribution is -2.11. The molecule has 0 aliphatic heterocycles. The van der Waals surface area contributed by atoms with Crippen molar-refractivity contribution in [3.63, 3.8) is 0 Å². The quantitative estimate of drug-likeness (QED) is 0.532. The lowest BCUT2D eigenvalue weighted by molar-refractivity contribution is -0.118. The van der Waals surface area contributed by atoms with Crippen molar-refractivity contribution in [1.82, 2.24) is 9.55 Å². The van der Waals surface area contributed by atoms with Gasteiger partial charge in [-0.25, -0.2) is 9.78 Å². The summed E-state index contributed by atoms with van der Waals surface area (Å²) in [6.07, 6.45) is 3.24. The molecule has 94 valence electrons. The molecule has 17 heavy (non-hydrogen) atoms. The number of hydrogen-bond acceptors (Lipinski definition) is 5. The van der Waals surface area contributed by atoms with Gasteiger partial charge in [0.1, 0.15) is 5.82 Å². The molecule has 0 aliphatic carbocycles. The summed E-state index contributed by atoms with van der Waals surface area (Å²) in [6, 6.07) is 0. The Labute approximate surface area is 98.7 Å². The van der Waals surface area contributed by atoms with Crippen LogP contribution < -0.4 is 11.5 Å². The first kappa shape index (κ1) is 13.0. The zero-order valence-corrected chi connectivity index (χ0v) is 9.68. The molecule has 0 aliphatic rings. The minimum absolute atomic E-state index is 0.113. The summed E-state index contributed by atoms with van der Waals surface area (Å²) in [7, 11) is 1.27. The maximum absolute atomic E-state index is 11.2. The molecule has 0 fully saturated rings. The number of carbonyl (C=O) groups is 2. The number of aromatic nitrogens is 2. The molecule has 1 rings (SSSR count). The van der Waals surface area contributed by atoms with Gasteiger partial charge in [0.2, 0.25) is 5.91 Å². The smallest absolute Gasteiger partial charge is 0.360 e. The van der Waals surface area contributed by atoms with Crippen molar-refractivity contribution in [2.75, 3.05) is 12.8 Å². The van der Waals surface area contributed by atoms with Gasteiger partial charge in [0.15, 0.2) is 5.69 Å². The predicted octanol–water partition coefficient (Wildman–Crippen LogP) is -0.0925. The van der Waals surface area contributed by atoms with Gasteiger partial charge in [-0.2, -0.15) is 0 Å². The van der Waals surface area contributed by atoms with E-state index in [0.29, 0.717) is 19.4 Å². The summed E-state index contributed by atoms with van der Waals surface area (Å²) in [6.45, 7) is 0.586. The second-order valence-electron chi connectivity index (χ2n) is 3.59. The van der Waals surface area contributed by atoms with E-state index in [4.69, 9.17) is 11.5 Å². The van der Waals surface area contributed by atoms with Crippen molar-refractivity contribution in [3.8, 4) is 0 Å². The lowest BCUT2D eigenvalue weighted by Gasteiger charge is -2.04. The number of ether oxygens (including phenoxy) is 1. The predicted molar refractivity (Wildman–Crippen MR) is 61.0 cm³/mol. The fourth-order valence-electron chi connectivity index (χ4n) is 1.41. The van der Waals surface area contributed by atoms with E-state index < -0.39 is 5.97 Å². The Kier molecular flexibility index (Phi) is 4.50. The first-order valence-corrected chi connectivity index (χ1v) is 5.23. The van der Waals surface area contributed by atoms with Crippen LogP contribution in [0.2, 0.25) is 0 Å². The van der Waals surface area contributed by atoms with Crippen molar-refractivity contribution >= 4 is 17.7 Å². The third-order valence-corrected chi connectivity index (χ3v) is 2.33. The number of esters is 1. The van der Waals surface area contributed by atoms with E-state index >= 15 is 0 Å². The minimum atomic E-state index is -0.557. The Morgan fingerprint density at radius 3 is 2.76 bits per heavy atom. The highest BCUT2D eigenvalue weighted by atomic mass is 16.5. The second kappa shape index (κ2) is 5.88. The topological polar surface area (TPSA) is 113 Å². The number of anilines is 1. The van der Waals surface area contributed by atoms with Crippen LogP contribution in [0.1, 0.15) is 29.8 Å². The number of nitrogens with two attached hydrogens (primary N) is 2.